The predicted molar refractivity (Wildman–Crippen MR) is 88.5 cm³/mol. The fraction of sp³-hybridized carbons (Fsp3) is 0.667. The molecule has 0 heterocycles. The van der Waals surface area contributed by atoms with Gasteiger partial charge in [0.1, 0.15) is 0 Å². The van der Waals surface area contributed by atoms with Crippen LogP contribution in [0.4, 0.5) is 0 Å². The molecule has 0 spiro atoms. The van der Waals surface area contributed by atoms with E-state index in [1.165, 1.54) is 36.8 Å². The van der Waals surface area contributed by atoms with E-state index in [-0.39, 0.29) is 0 Å². The van der Waals surface area contributed by atoms with Crippen LogP contribution in [0.1, 0.15) is 58.1 Å². The highest BCUT2D eigenvalue weighted by Gasteiger charge is 2.38. The van der Waals surface area contributed by atoms with Crippen molar-refractivity contribution in [2.75, 3.05) is 0 Å². The molecule has 0 radical (unpaired) electrons. The standard InChI is InChI=1S/C18H29P/c1-17(2)10-16(11-18(3,4)13-17)9-14-5-7-15(12-19)8-6-14/h5-8,16H,9-13,19H2,1-4H3. The smallest absolute Gasteiger partial charge is 0.0128 e. The van der Waals surface area contributed by atoms with Crippen LogP contribution in [0.15, 0.2) is 24.3 Å². The molecule has 2 rings (SSSR count). The van der Waals surface area contributed by atoms with Crippen LogP contribution < -0.4 is 0 Å². The first-order valence-electron chi connectivity index (χ1n) is 7.58. The van der Waals surface area contributed by atoms with Gasteiger partial charge in [0.15, 0.2) is 0 Å². The maximum Gasteiger partial charge on any atom is -0.0128 e. The summed E-state index contributed by atoms with van der Waals surface area (Å²) in [6.45, 7) is 9.77. The Morgan fingerprint density at radius 2 is 1.42 bits per heavy atom. The second-order valence-electron chi connectivity index (χ2n) is 8.00. The minimum Gasteiger partial charge on any atom is -0.133 e. The molecule has 0 nitrogen and oxygen atoms in total. The molecular formula is C18H29P. The Kier molecular flexibility index (Phi) is 4.41. The maximum atomic E-state index is 2.80. The molecular weight excluding hydrogens is 247 g/mol. The zero-order valence-electron chi connectivity index (χ0n) is 13.0. The molecule has 1 atom stereocenters. The van der Waals surface area contributed by atoms with Gasteiger partial charge in [-0.3, -0.25) is 0 Å². The molecule has 1 fully saturated rings. The monoisotopic (exact) mass is 276 g/mol. The lowest BCUT2D eigenvalue weighted by Gasteiger charge is -2.45. The van der Waals surface area contributed by atoms with Gasteiger partial charge in [0.05, 0.1) is 0 Å². The average Bonchev–Trinajstić information content (AvgIpc) is 2.25. The van der Waals surface area contributed by atoms with Crippen LogP contribution in [0.3, 0.4) is 0 Å². The van der Waals surface area contributed by atoms with Gasteiger partial charge in [-0.25, -0.2) is 0 Å². The molecule has 0 aliphatic heterocycles. The predicted octanol–water partition coefficient (Wildman–Crippen LogP) is 5.46. The van der Waals surface area contributed by atoms with Gasteiger partial charge in [-0.2, -0.15) is 0 Å². The van der Waals surface area contributed by atoms with Gasteiger partial charge in [0, 0.05) is 0 Å². The Morgan fingerprint density at radius 1 is 0.947 bits per heavy atom. The van der Waals surface area contributed by atoms with Crippen LogP contribution in [-0.4, -0.2) is 0 Å². The molecule has 1 aromatic carbocycles. The van der Waals surface area contributed by atoms with Crippen molar-refractivity contribution in [2.24, 2.45) is 16.7 Å². The second-order valence-corrected chi connectivity index (χ2v) is 8.41. The molecule has 1 saturated carbocycles. The van der Waals surface area contributed by atoms with E-state index in [2.05, 4.69) is 61.2 Å². The lowest BCUT2D eigenvalue weighted by atomic mass is 9.60. The first-order valence-corrected chi connectivity index (χ1v) is 8.39. The zero-order valence-corrected chi connectivity index (χ0v) is 14.2. The van der Waals surface area contributed by atoms with Gasteiger partial charge >= 0.3 is 0 Å². The largest absolute Gasteiger partial charge is 0.133 e. The van der Waals surface area contributed by atoms with Crippen LogP contribution in [-0.2, 0) is 12.6 Å². The Labute approximate surface area is 121 Å². The minimum absolute atomic E-state index is 0.506. The summed E-state index contributed by atoms with van der Waals surface area (Å²) in [5, 5.41) is 0. The third-order valence-electron chi connectivity index (χ3n) is 4.42. The van der Waals surface area contributed by atoms with Crippen molar-refractivity contribution >= 4 is 9.24 Å². The van der Waals surface area contributed by atoms with Crippen molar-refractivity contribution in [3.05, 3.63) is 35.4 Å². The van der Waals surface area contributed by atoms with Crippen LogP contribution in [0, 0.1) is 16.7 Å². The molecule has 0 aromatic heterocycles. The Balaban J connectivity index is 2.05. The quantitative estimate of drug-likeness (QED) is 0.643. The zero-order chi connectivity index (χ0) is 14.1. The van der Waals surface area contributed by atoms with Gasteiger partial charge in [-0.15, -0.1) is 9.24 Å². The molecule has 1 aliphatic carbocycles. The summed E-state index contributed by atoms with van der Waals surface area (Å²) in [7, 11) is 2.80. The number of hydrogen-bond acceptors (Lipinski definition) is 0. The Hall–Kier alpha value is -0.350. The SMILES string of the molecule is CC1(C)CC(Cc2ccc(CP)cc2)CC(C)(C)C1. The fourth-order valence-corrected chi connectivity index (χ4v) is 4.64. The summed E-state index contributed by atoms with van der Waals surface area (Å²) >= 11 is 0. The number of benzene rings is 1. The van der Waals surface area contributed by atoms with Crippen LogP contribution in [0.5, 0.6) is 0 Å². The highest BCUT2D eigenvalue weighted by atomic mass is 31.0. The molecule has 1 aliphatic rings. The first kappa shape index (κ1) is 15.0. The summed E-state index contributed by atoms with van der Waals surface area (Å²) in [5.41, 5.74) is 3.94. The lowest BCUT2D eigenvalue weighted by molar-refractivity contribution is 0.0678. The maximum absolute atomic E-state index is 2.80. The van der Waals surface area contributed by atoms with E-state index in [9.17, 15) is 0 Å². The van der Waals surface area contributed by atoms with Crippen molar-refractivity contribution in [2.45, 2.75) is 59.5 Å². The molecule has 0 amide bonds. The van der Waals surface area contributed by atoms with Crippen LogP contribution in [0.2, 0.25) is 0 Å². The summed E-state index contributed by atoms with van der Waals surface area (Å²) in [6, 6.07) is 9.21. The minimum atomic E-state index is 0.506. The number of rotatable bonds is 3. The Morgan fingerprint density at radius 3 is 1.89 bits per heavy atom. The normalized spacial score (nSPS) is 22.4. The molecule has 19 heavy (non-hydrogen) atoms. The van der Waals surface area contributed by atoms with Crippen molar-refractivity contribution in [3.8, 4) is 0 Å². The summed E-state index contributed by atoms with van der Waals surface area (Å²) < 4.78 is 0. The van der Waals surface area contributed by atoms with E-state index in [1.807, 2.05) is 0 Å². The van der Waals surface area contributed by atoms with E-state index in [0.29, 0.717) is 10.8 Å². The van der Waals surface area contributed by atoms with Crippen molar-refractivity contribution < 1.29 is 0 Å². The third-order valence-corrected chi connectivity index (χ3v) is 4.89. The van der Waals surface area contributed by atoms with Crippen LogP contribution >= 0.6 is 9.24 Å². The Bertz CT molecular complexity index is 398. The van der Waals surface area contributed by atoms with Gasteiger partial charge in [-0.1, -0.05) is 52.0 Å². The highest BCUT2D eigenvalue weighted by Crippen LogP contribution is 2.49. The summed E-state index contributed by atoms with van der Waals surface area (Å²) in [6.07, 6.45) is 6.43. The fourth-order valence-electron chi connectivity index (χ4n) is 4.36. The molecule has 1 aromatic rings. The topological polar surface area (TPSA) is 0 Å². The lowest BCUT2D eigenvalue weighted by Crippen LogP contribution is -2.34. The highest BCUT2D eigenvalue weighted by molar-refractivity contribution is 7.15. The second kappa shape index (κ2) is 5.57. The van der Waals surface area contributed by atoms with Crippen molar-refractivity contribution in [3.63, 3.8) is 0 Å². The van der Waals surface area contributed by atoms with Gasteiger partial charge < -0.3 is 0 Å². The number of hydrogen-bond donors (Lipinski definition) is 0. The van der Waals surface area contributed by atoms with Crippen molar-refractivity contribution in [1.29, 1.82) is 0 Å². The van der Waals surface area contributed by atoms with E-state index in [1.54, 1.807) is 0 Å². The van der Waals surface area contributed by atoms with E-state index >= 15 is 0 Å². The molecule has 1 unspecified atom stereocenters. The van der Waals surface area contributed by atoms with Crippen molar-refractivity contribution in [1.82, 2.24) is 0 Å². The average molecular weight is 276 g/mol. The molecule has 1 heteroatoms. The van der Waals surface area contributed by atoms with E-state index < -0.39 is 0 Å². The van der Waals surface area contributed by atoms with Gasteiger partial charge in [0.2, 0.25) is 0 Å². The van der Waals surface area contributed by atoms with E-state index in [4.69, 9.17) is 0 Å². The van der Waals surface area contributed by atoms with Crippen LogP contribution in [0.25, 0.3) is 0 Å². The summed E-state index contributed by atoms with van der Waals surface area (Å²) in [4.78, 5) is 0. The third kappa shape index (κ3) is 4.32. The van der Waals surface area contributed by atoms with E-state index in [0.717, 1.165) is 12.1 Å². The molecule has 0 bridgehead atoms. The first-order chi connectivity index (χ1) is 8.80. The van der Waals surface area contributed by atoms with Gasteiger partial charge in [-0.05, 0) is 59.7 Å². The van der Waals surface area contributed by atoms with Gasteiger partial charge in [0.25, 0.3) is 0 Å². The molecule has 0 saturated heterocycles. The summed E-state index contributed by atoms with van der Waals surface area (Å²) in [5.74, 6) is 0.848. The molecule has 106 valence electrons. The molecule has 0 N–H and O–H groups in total.